The quantitative estimate of drug-likeness (QED) is 0.0677. The first-order valence-electron chi connectivity index (χ1n) is 19.5. The first-order valence-corrected chi connectivity index (χ1v) is 19.5. The summed E-state index contributed by atoms with van der Waals surface area (Å²) in [5.41, 5.74) is 1.76. The van der Waals surface area contributed by atoms with Crippen LogP contribution in [-0.4, -0.2) is 131 Å². The van der Waals surface area contributed by atoms with Crippen LogP contribution in [0.3, 0.4) is 0 Å². The highest BCUT2D eigenvalue weighted by atomic mass is 17.0. The molecule has 58 heavy (non-hydrogen) atoms. The standard InChI is InChI=1S/C38H52N4O16/c1-49-18-5-16-39-17-23-50-33-15-10-28(24-32(33)39)27-53-34-25-40(37(43)51-19-6-21-54-41(45)46)26-35(58-38(44)52-20-7-22-55-42(47)48)36(34)57-31-13-11-30(12-14-31)56-29-8-3-2-4-9-29/h2-4,8-10,15,24,30-31,34-36H,5-7,11-14,16-23,25-27H2,1H3. The number of fused-ring (bicyclic) bond motifs is 1. The molecule has 3 atom stereocenters. The summed E-state index contributed by atoms with van der Waals surface area (Å²) in [4.78, 5) is 59.6. The van der Waals surface area contributed by atoms with Crippen molar-refractivity contribution in [1.29, 1.82) is 0 Å². The van der Waals surface area contributed by atoms with Gasteiger partial charge < -0.3 is 57.4 Å². The van der Waals surface area contributed by atoms with Gasteiger partial charge in [0.25, 0.3) is 10.2 Å². The number of para-hydroxylation sites is 1. The number of ether oxygens (including phenoxy) is 8. The van der Waals surface area contributed by atoms with Crippen LogP contribution in [0.4, 0.5) is 15.3 Å². The van der Waals surface area contributed by atoms with Crippen molar-refractivity contribution in [2.75, 3.05) is 77.8 Å². The van der Waals surface area contributed by atoms with E-state index in [1.807, 2.05) is 48.5 Å². The van der Waals surface area contributed by atoms with E-state index < -0.39 is 40.7 Å². The van der Waals surface area contributed by atoms with Gasteiger partial charge in [0.15, 0.2) is 6.10 Å². The molecule has 3 aliphatic rings. The van der Waals surface area contributed by atoms with Crippen LogP contribution in [0.5, 0.6) is 11.5 Å². The monoisotopic (exact) mass is 820 g/mol. The van der Waals surface area contributed by atoms with Gasteiger partial charge in [-0.15, -0.1) is 20.2 Å². The van der Waals surface area contributed by atoms with E-state index >= 15 is 0 Å². The first-order chi connectivity index (χ1) is 28.2. The fraction of sp³-hybridized carbons (Fsp3) is 0.632. The fourth-order valence-corrected chi connectivity index (χ4v) is 6.94. The average Bonchev–Trinajstić information content (AvgIpc) is 3.21. The molecule has 20 heteroatoms. The van der Waals surface area contributed by atoms with E-state index in [-0.39, 0.29) is 71.2 Å². The summed E-state index contributed by atoms with van der Waals surface area (Å²) in [6, 6.07) is 15.4. The normalized spacial score (nSPS) is 21.5. The molecule has 0 N–H and O–H groups in total. The molecule has 5 rings (SSSR count). The zero-order chi connectivity index (χ0) is 41.1. The van der Waals surface area contributed by atoms with Gasteiger partial charge in [-0.3, -0.25) is 0 Å². The number of rotatable bonds is 22. The number of hydrogen-bond donors (Lipinski definition) is 0. The van der Waals surface area contributed by atoms with Crippen LogP contribution >= 0.6 is 0 Å². The molecule has 3 unspecified atom stereocenters. The van der Waals surface area contributed by atoms with Gasteiger partial charge in [-0.2, -0.15) is 0 Å². The second-order valence-corrected chi connectivity index (χ2v) is 13.9. The van der Waals surface area contributed by atoms with Gasteiger partial charge in [0, 0.05) is 33.1 Å². The maximum absolute atomic E-state index is 13.4. The smallest absolute Gasteiger partial charge is 0.490 e. The number of nitrogens with zero attached hydrogens (tertiary/aromatic N) is 4. The van der Waals surface area contributed by atoms with Crippen LogP contribution in [0.15, 0.2) is 48.5 Å². The third-order valence-electron chi connectivity index (χ3n) is 9.70. The Kier molecular flexibility index (Phi) is 17.5. The second kappa shape index (κ2) is 23.2. The summed E-state index contributed by atoms with van der Waals surface area (Å²) in [6.07, 6.45) is -1.19. The Hall–Kier alpha value is -5.34. The Morgan fingerprint density at radius 2 is 1.52 bits per heavy atom. The highest BCUT2D eigenvalue weighted by Gasteiger charge is 2.45. The molecule has 1 saturated heterocycles. The van der Waals surface area contributed by atoms with Crippen molar-refractivity contribution in [2.24, 2.45) is 0 Å². The molecule has 2 aromatic carbocycles. The average molecular weight is 821 g/mol. The predicted molar refractivity (Wildman–Crippen MR) is 201 cm³/mol. The number of anilines is 1. The highest BCUT2D eigenvalue weighted by molar-refractivity contribution is 5.68. The van der Waals surface area contributed by atoms with Crippen molar-refractivity contribution >= 4 is 17.9 Å². The summed E-state index contributed by atoms with van der Waals surface area (Å²) in [6.45, 7) is 1.70. The Balaban J connectivity index is 1.32. The van der Waals surface area contributed by atoms with E-state index in [0.717, 1.165) is 35.7 Å². The number of likely N-dealkylation sites (tertiary alicyclic amines) is 1. The fourth-order valence-electron chi connectivity index (χ4n) is 6.94. The zero-order valence-corrected chi connectivity index (χ0v) is 32.6. The summed E-state index contributed by atoms with van der Waals surface area (Å²) >= 11 is 0. The van der Waals surface area contributed by atoms with Crippen LogP contribution in [0.2, 0.25) is 0 Å². The van der Waals surface area contributed by atoms with Crippen LogP contribution in [-0.2, 0) is 44.7 Å². The lowest BCUT2D eigenvalue weighted by Crippen LogP contribution is -2.60. The lowest BCUT2D eigenvalue weighted by atomic mass is 9.93. The van der Waals surface area contributed by atoms with Gasteiger partial charge >= 0.3 is 12.2 Å². The van der Waals surface area contributed by atoms with Gasteiger partial charge in [-0.1, -0.05) is 24.3 Å². The zero-order valence-electron chi connectivity index (χ0n) is 32.6. The van der Waals surface area contributed by atoms with Crippen LogP contribution in [0.1, 0.15) is 50.5 Å². The van der Waals surface area contributed by atoms with E-state index in [4.69, 9.17) is 37.9 Å². The molecular weight excluding hydrogens is 768 g/mol. The Labute approximate surface area is 335 Å². The molecule has 1 aliphatic carbocycles. The molecule has 0 bridgehead atoms. The van der Waals surface area contributed by atoms with E-state index in [9.17, 15) is 29.8 Å². The summed E-state index contributed by atoms with van der Waals surface area (Å²) in [5, 5.41) is 19.2. The molecule has 0 aromatic heterocycles. The minimum absolute atomic E-state index is 0.00565. The largest absolute Gasteiger partial charge is 0.508 e. The molecule has 1 saturated carbocycles. The minimum Gasteiger partial charge on any atom is -0.490 e. The molecular formula is C38H52N4O16. The summed E-state index contributed by atoms with van der Waals surface area (Å²) in [5.74, 6) is 1.54. The highest BCUT2D eigenvalue weighted by Crippen LogP contribution is 2.34. The predicted octanol–water partition coefficient (Wildman–Crippen LogP) is 4.75. The van der Waals surface area contributed by atoms with Crippen molar-refractivity contribution in [2.45, 2.75) is 82.1 Å². The summed E-state index contributed by atoms with van der Waals surface area (Å²) in [7, 11) is 1.67. The van der Waals surface area contributed by atoms with Gasteiger partial charge in [-0.25, -0.2) is 9.59 Å². The van der Waals surface area contributed by atoms with Crippen molar-refractivity contribution in [3.05, 3.63) is 74.3 Å². The SMILES string of the molecule is COCCCN1CCOc2ccc(COC3CN(C(=O)OCCCO[N+](=O)[O-])CC(OC(=O)OCCCO[N+](=O)[O-])C3OC3CCC(Oc4ccccc4)CC3)cc21. The first kappa shape index (κ1) is 43.8. The van der Waals surface area contributed by atoms with E-state index in [1.54, 1.807) is 7.11 Å². The van der Waals surface area contributed by atoms with Crippen LogP contribution < -0.4 is 14.4 Å². The van der Waals surface area contributed by atoms with E-state index in [1.165, 1.54) is 4.90 Å². The van der Waals surface area contributed by atoms with Gasteiger partial charge in [0.05, 0.1) is 70.6 Å². The van der Waals surface area contributed by atoms with Crippen molar-refractivity contribution in [3.8, 4) is 11.5 Å². The number of methoxy groups -OCH3 is 1. The number of piperidine rings is 1. The second-order valence-electron chi connectivity index (χ2n) is 13.9. The minimum atomic E-state index is -1.09. The molecule has 0 radical (unpaired) electrons. The van der Waals surface area contributed by atoms with Crippen LogP contribution in [0, 0.1) is 20.2 Å². The molecule has 2 fully saturated rings. The molecule has 20 nitrogen and oxygen atoms in total. The van der Waals surface area contributed by atoms with Gasteiger partial charge in [0.1, 0.15) is 30.3 Å². The topological polar surface area (TPSA) is 219 Å². The van der Waals surface area contributed by atoms with Crippen molar-refractivity contribution < 1.29 is 67.3 Å². The molecule has 2 aliphatic heterocycles. The Morgan fingerprint density at radius 3 is 2.22 bits per heavy atom. The number of amides is 1. The third kappa shape index (κ3) is 14.2. The van der Waals surface area contributed by atoms with Crippen molar-refractivity contribution in [3.63, 3.8) is 0 Å². The Morgan fingerprint density at radius 1 is 0.828 bits per heavy atom. The van der Waals surface area contributed by atoms with Crippen molar-refractivity contribution in [1.82, 2.24) is 4.90 Å². The van der Waals surface area contributed by atoms with Gasteiger partial charge in [-0.05, 0) is 61.9 Å². The maximum Gasteiger partial charge on any atom is 0.508 e. The van der Waals surface area contributed by atoms with Crippen LogP contribution in [0.25, 0.3) is 0 Å². The lowest BCUT2D eigenvalue weighted by Gasteiger charge is -2.43. The summed E-state index contributed by atoms with van der Waals surface area (Å²) < 4.78 is 47.0. The number of hydrogen-bond acceptors (Lipinski definition) is 17. The molecule has 1 amide bonds. The van der Waals surface area contributed by atoms with E-state index in [2.05, 4.69) is 14.6 Å². The number of carbonyl (C=O) groups is 2. The molecule has 320 valence electrons. The van der Waals surface area contributed by atoms with Gasteiger partial charge in [0.2, 0.25) is 0 Å². The molecule has 0 spiro atoms. The number of benzene rings is 2. The maximum atomic E-state index is 13.4. The van der Waals surface area contributed by atoms with E-state index in [0.29, 0.717) is 45.4 Å². The molecule has 2 heterocycles. The lowest BCUT2D eigenvalue weighted by molar-refractivity contribution is -0.757. The number of carbonyl (C=O) groups excluding carboxylic acids is 2. The third-order valence-corrected chi connectivity index (χ3v) is 9.70. The molecule has 2 aromatic rings. The Bertz CT molecular complexity index is 1600.